The molecule has 0 radical (unpaired) electrons. The predicted octanol–water partition coefficient (Wildman–Crippen LogP) is 5.38. The minimum absolute atomic E-state index is 0.295. The van der Waals surface area contributed by atoms with Crippen molar-refractivity contribution < 1.29 is 9.59 Å². The number of nitrogens with zero attached hydrogens (tertiary/aromatic N) is 2. The summed E-state index contributed by atoms with van der Waals surface area (Å²) < 4.78 is 0. The Morgan fingerprint density at radius 1 is 0.727 bits per heavy atom. The van der Waals surface area contributed by atoms with Crippen LogP contribution in [-0.4, -0.2) is 25.9 Å². The number of hydrogen-bond acceptors (Lipinski definition) is 4. The minimum Gasteiger partial charge on any atom is -0.378 e. The molecule has 1 N–H and O–H groups in total. The Balaban J connectivity index is 1.83. The van der Waals surface area contributed by atoms with Crippen LogP contribution in [0, 0.1) is 27.7 Å². The molecule has 0 unspecified atom stereocenters. The maximum absolute atomic E-state index is 13.7. The Morgan fingerprint density at radius 2 is 1.36 bits per heavy atom. The van der Waals surface area contributed by atoms with Crippen molar-refractivity contribution in [2.24, 2.45) is 0 Å². The SMILES string of the molecule is Cc1cc(C)cc(N2C(=O)C(Nc3ccc(N(C)C)cc3)=C(c3ccc(C)cc3C)C2=O)c1. The molecule has 168 valence electrons. The summed E-state index contributed by atoms with van der Waals surface area (Å²) in [4.78, 5) is 30.7. The van der Waals surface area contributed by atoms with E-state index < -0.39 is 0 Å². The van der Waals surface area contributed by atoms with Crippen molar-refractivity contribution in [1.82, 2.24) is 0 Å². The van der Waals surface area contributed by atoms with E-state index in [-0.39, 0.29) is 11.8 Å². The molecule has 1 heterocycles. The number of rotatable bonds is 5. The van der Waals surface area contributed by atoms with E-state index in [1.54, 1.807) is 0 Å². The fraction of sp³-hybridized carbons (Fsp3) is 0.214. The molecule has 0 bridgehead atoms. The van der Waals surface area contributed by atoms with Gasteiger partial charge in [0, 0.05) is 25.5 Å². The van der Waals surface area contributed by atoms with E-state index >= 15 is 0 Å². The molecule has 5 nitrogen and oxygen atoms in total. The molecule has 0 atom stereocenters. The summed E-state index contributed by atoms with van der Waals surface area (Å²) in [6, 6.07) is 19.5. The number of hydrogen-bond donors (Lipinski definition) is 1. The lowest BCUT2D eigenvalue weighted by molar-refractivity contribution is -0.120. The molecule has 0 spiro atoms. The number of nitrogens with one attached hydrogen (secondary N) is 1. The van der Waals surface area contributed by atoms with Gasteiger partial charge in [-0.2, -0.15) is 0 Å². The van der Waals surface area contributed by atoms with Crippen LogP contribution >= 0.6 is 0 Å². The summed E-state index contributed by atoms with van der Waals surface area (Å²) in [5.41, 5.74) is 7.90. The van der Waals surface area contributed by atoms with Gasteiger partial charge in [0.05, 0.1) is 11.3 Å². The maximum Gasteiger partial charge on any atom is 0.282 e. The Morgan fingerprint density at radius 3 is 1.94 bits per heavy atom. The van der Waals surface area contributed by atoms with Crippen molar-refractivity contribution in [1.29, 1.82) is 0 Å². The summed E-state index contributed by atoms with van der Waals surface area (Å²) in [6.07, 6.45) is 0. The van der Waals surface area contributed by atoms with E-state index in [0.717, 1.165) is 39.2 Å². The van der Waals surface area contributed by atoms with Gasteiger partial charge >= 0.3 is 0 Å². The second-order valence-electron chi connectivity index (χ2n) is 8.93. The highest BCUT2D eigenvalue weighted by Crippen LogP contribution is 2.36. The molecule has 4 rings (SSSR count). The molecule has 2 amide bonds. The normalized spacial score (nSPS) is 13.7. The molecule has 0 saturated carbocycles. The molecule has 5 heteroatoms. The van der Waals surface area contributed by atoms with Crippen LogP contribution in [0.1, 0.15) is 27.8 Å². The number of amides is 2. The fourth-order valence-electron chi connectivity index (χ4n) is 4.29. The van der Waals surface area contributed by atoms with Crippen LogP contribution in [0.4, 0.5) is 17.1 Å². The molecule has 0 aliphatic carbocycles. The third kappa shape index (κ3) is 4.27. The molecular formula is C28H29N3O2. The first-order chi connectivity index (χ1) is 15.7. The van der Waals surface area contributed by atoms with Gasteiger partial charge in [-0.15, -0.1) is 0 Å². The van der Waals surface area contributed by atoms with E-state index in [1.807, 2.05) is 107 Å². The molecular weight excluding hydrogens is 410 g/mol. The second kappa shape index (κ2) is 8.58. The van der Waals surface area contributed by atoms with Crippen LogP contribution in [0.2, 0.25) is 0 Å². The first-order valence-electron chi connectivity index (χ1n) is 11.0. The number of carbonyl (C=O) groups excluding carboxylic acids is 2. The van der Waals surface area contributed by atoms with Gasteiger partial charge in [-0.25, -0.2) is 4.90 Å². The summed E-state index contributed by atoms with van der Waals surface area (Å²) in [5.74, 6) is -0.666. The first kappa shape index (κ1) is 22.3. The quantitative estimate of drug-likeness (QED) is 0.542. The zero-order valence-corrected chi connectivity index (χ0v) is 20.0. The van der Waals surface area contributed by atoms with E-state index in [9.17, 15) is 9.59 Å². The smallest absolute Gasteiger partial charge is 0.282 e. The Hall–Kier alpha value is -3.86. The van der Waals surface area contributed by atoms with Gasteiger partial charge in [-0.3, -0.25) is 9.59 Å². The van der Waals surface area contributed by atoms with E-state index in [2.05, 4.69) is 5.32 Å². The predicted molar refractivity (Wildman–Crippen MR) is 136 cm³/mol. The first-order valence-corrected chi connectivity index (χ1v) is 11.0. The van der Waals surface area contributed by atoms with Gasteiger partial charge in [0.2, 0.25) is 0 Å². The topological polar surface area (TPSA) is 52.7 Å². The average Bonchev–Trinajstić information content (AvgIpc) is 2.97. The van der Waals surface area contributed by atoms with Crippen molar-refractivity contribution >= 4 is 34.4 Å². The average molecular weight is 440 g/mol. The molecule has 0 fully saturated rings. The minimum atomic E-state index is -0.350. The fourth-order valence-corrected chi connectivity index (χ4v) is 4.29. The maximum atomic E-state index is 13.7. The van der Waals surface area contributed by atoms with Crippen LogP contribution in [-0.2, 0) is 9.59 Å². The highest BCUT2D eigenvalue weighted by atomic mass is 16.2. The lowest BCUT2D eigenvalue weighted by Crippen LogP contribution is -2.32. The number of benzene rings is 3. The highest BCUT2D eigenvalue weighted by Gasteiger charge is 2.40. The van der Waals surface area contributed by atoms with Crippen molar-refractivity contribution in [2.75, 3.05) is 29.2 Å². The van der Waals surface area contributed by atoms with Crippen LogP contribution in [0.5, 0.6) is 0 Å². The van der Waals surface area contributed by atoms with Gasteiger partial charge in [0.15, 0.2) is 0 Å². The standard InChI is InChI=1S/C28H29N3O2/c1-17-7-12-24(20(4)14-17)25-26(29-21-8-10-22(11-9-21)30(5)6)28(33)31(27(25)32)23-15-18(2)13-19(3)16-23/h7-16,29H,1-6H3. The summed E-state index contributed by atoms with van der Waals surface area (Å²) in [5, 5.41) is 3.26. The Bertz CT molecular complexity index is 1270. The van der Waals surface area contributed by atoms with Gasteiger partial charge in [-0.1, -0.05) is 29.8 Å². The van der Waals surface area contributed by atoms with Crippen LogP contribution in [0.15, 0.2) is 66.4 Å². The molecule has 1 aliphatic heterocycles. The number of aryl methyl sites for hydroxylation is 4. The molecule has 1 aliphatic rings. The van der Waals surface area contributed by atoms with Gasteiger partial charge < -0.3 is 10.2 Å². The van der Waals surface area contributed by atoms with Crippen LogP contribution in [0.25, 0.3) is 5.57 Å². The summed E-state index contributed by atoms with van der Waals surface area (Å²) in [6.45, 7) is 7.91. The lowest BCUT2D eigenvalue weighted by Gasteiger charge is -2.17. The van der Waals surface area contributed by atoms with Crippen molar-refractivity contribution in [2.45, 2.75) is 27.7 Å². The van der Waals surface area contributed by atoms with Crippen molar-refractivity contribution in [3.05, 3.63) is 94.2 Å². The monoisotopic (exact) mass is 439 g/mol. The Labute approximate surface area is 195 Å². The largest absolute Gasteiger partial charge is 0.378 e. The van der Waals surface area contributed by atoms with E-state index in [0.29, 0.717) is 17.0 Å². The summed E-state index contributed by atoms with van der Waals surface area (Å²) in [7, 11) is 3.95. The van der Waals surface area contributed by atoms with E-state index in [1.165, 1.54) is 4.90 Å². The highest BCUT2D eigenvalue weighted by molar-refractivity contribution is 6.46. The number of imide groups is 1. The Kier molecular flexibility index (Phi) is 5.81. The molecule has 3 aromatic carbocycles. The van der Waals surface area contributed by atoms with Gasteiger partial charge in [0.25, 0.3) is 11.8 Å². The lowest BCUT2D eigenvalue weighted by atomic mass is 9.97. The van der Waals surface area contributed by atoms with Gasteiger partial charge in [0.1, 0.15) is 5.70 Å². The van der Waals surface area contributed by atoms with Crippen LogP contribution < -0.4 is 15.1 Å². The molecule has 33 heavy (non-hydrogen) atoms. The van der Waals surface area contributed by atoms with E-state index in [4.69, 9.17) is 0 Å². The third-order valence-corrected chi connectivity index (χ3v) is 5.85. The number of carbonyl (C=O) groups is 2. The van der Waals surface area contributed by atoms with Crippen molar-refractivity contribution in [3.63, 3.8) is 0 Å². The zero-order valence-electron chi connectivity index (χ0n) is 20.0. The third-order valence-electron chi connectivity index (χ3n) is 5.85. The zero-order chi connectivity index (χ0) is 23.9. The molecule has 3 aromatic rings. The van der Waals surface area contributed by atoms with Crippen LogP contribution in [0.3, 0.4) is 0 Å². The van der Waals surface area contributed by atoms with Crippen molar-refractivity contribution in [3.8, 4) is 0 Å². The second-order valence-corrected chi connectivity index (χ2v) is 8.93. The van der Waals surface area contributed by atoms with Gasteiger partial charge in [-0.05, 0) is 86.3 Å². The number of anilines is 3. The molecule has 0 saturated heterocycles. The summed E-state index contributed by atoms with van der Waals surface area (Å²) >= 11 is 0. The molecule has 0 aromatic heterocycles.